The zero-order chi connectivity index (χ0) is 14.0. The van der Waals surface area contributed by atoms with Crippen LogP contribution in [0.2, 0.25) is 0 Å². The van der Waals surface area contributed by atoms with Crippen molar-refractivity contribution in [1.29, 1.82) is 0 Å². The molecule has 2 N–H and O–H groups in total. The molecule has 0 saturated carbocycles. The molecule has 0 radical (unpaired) electrons. The molecule has 0 aliphatic heterocycles. The molecule has 0 aliphatic carbocycles. The van der Waals surface area contributed by atoms with E-state index in [0.717, 1.165) is 22.1 Å². The molecule has 0 spiro atoms. The zero-order valence-electron chi connectivity index (χ0n) is 10.3. The monoisotopic (exact) mass is 435 g/mol. The molecule has 6 heteroatoms. The lowest BCUT2D eigenvalue weighted by atomic mass is 10.2. The number of nitrogen functional groups attached to an aromatic ring is 1. The molecule has 0 bridgehead atoms. The van der Waals surface area contributed by atoms with Gasteiger partial charge in [-0.3, -0.25) is 0 Å². The fourth-order valence-electron chi connectivity index (χ4n) is 1.68. The number of nitrogens with two attached hydrogens (primary N) is 1. The third-order valence-electron chi connectivity index (χ3n) is 2.61. The van der Waals surface area contributed by atoms with Crippen LogP contribution in [-0.2, 0) is 6.42 Å². The van der Waals surface area contributed by atoms with Gasteiger partial charge in [-0.05, 0) is 63.1 Å². The molecular weight excluding hydrogens is 424 g/mol. The first kappa shape index (κ1) is 14.6. The highest BCUT2D eigenvalue weighted by Gasteiger charge is 2.12. The van der Waals surface area contributed by atoms with E-state index in [9.17, 15) is 4.39 Å². The van der Waals surface area contributed by atoms with E-state index in [4.69, 9.17) is 5.73 Å². The average Bonchev–Trinajstić information content (AvgIpc) is 2.38. The topological polar surface area (TPSA) is 51.8 Å². The van der Waals surface area contributed by atoms with E-state index >= 15 is 0 Å². The van der Waals surface area contributed by atoms with Crippen LogP contribution >= 0.6 is 38.5 Å². The predicted octanol–water partition coefficient (Wildman–Crippen LogP) is 4.18. The molecular formula is C13H12BrFIN3. The van der Waals surface area contributed by atoms with Crippen molar-refractivity contribution in [3.05, 3.63) is 37.8 Å². The van der Waals surface area contributed by atoms with Crippen LogP contribution in [0.25, 0.3) is 11.4 Å². The smallest absolute Gasteiger partial charge is 0.161 e. The summed E-state index contributed by atoms with van der Waals surface area (Å²) in [5.74, 6) is 0.570. The van der Waals surface area contributed by atoms with Gasteiger partial charge in [0.15, 0.2) is 5.82 Å². The standard InChI is InChI=1S/C13H12BrFIN3/c1-2-3-10-11(16)12(17)19-13(18-10)7-4-5-8(14)9(15)6-7/h4-6H,2-3H2,1H3,(H2,17,18,19). The van der Waals surface area contributed by atoms with Gasteiger partial charge in [0, 0.05) is 5.56 Å². The van der Waals surface area contributed by atoms with E-state index < -0.39 is 0 Å². The highest BCUT2D eigenvalue weighted by Crippen LogP contribution is 2.25. The van der Waals surface area contributed by atoms with E-state index in [1.54, 1.807) is 12.1 Å². The lowest BCUT2D eigenvalue weighted by Crippen LogP contribution is -2.05. The highest BCUT2D eigenvalue weighted by molar-refractivity contribution is 14.1. The molecule has 2 rings (SSSR count). The number of rotatable bonds is 3. The minimum absolute atomic E-state index is 0.338. The first-order valence-electron chi connectivity index (χ1n) is 5.80. The maximum Gasteiger partial charge on any atom is 0.161 e. The Morgan fingerprint density at radius 2 is 2.11 bits per heavy atom. The molecule has 1 aromatic heterocycles. The Morgan fingerprint density at radius 1 is 1.37 bits per heavy atom. The predicted molar refractivity (Wildman–Crippen MR) is 86.3 cm³/mol. The van der Waals surface area contributed by atoms with Crippen molar-refractivity contribution in [1.82, 2.24) is 9.97 Å². The minimum atomic E-state index is -0.338. The normalized spacial score (nSPS) is 10.7. The Kier molecular flexibility index (Phi) is 4.72. The van der Waals surface area contributed by atoms with Crippen molar-refractivity contribution in [2.24, 2.45) is 0 Å². The summed E-state index contributed by atoms with van der Waals surface area (Å²) in [5.41, 5.74) is 7.43. The van der Waals surface area contributed by atoms with Crippen LogP contribution in [0.1, 0.15) is 19.0 Å². The zero-order valence-corrected chi connectivity index (χ0v) is 14.0. The molecule has 0 unspecified atom stereocenters. The molecule has 1 heterocycles. The van der Waals surface area contributed by atoms with E-state index in [1.165, 1.54) is 6.07 Å². The SMILES string of the molecule is CCCc1nc(-c2ccc(Br)c(F)c2)nc(N)c1I. The van der Waals surface area contributed by atoms with Crippen LogP contribution in [0.4, 0.5) is 10.2 Å². The van der Waals surface area contributed by atoms with Gasteiger partial charge in [-0.1, -0.05) is 13.3 Å². The Hall–Kier alpha value is -0.760. The van der Waals surface area contributed by atoms with E-state index in [1.807, 2.05) is 0 Å². The Labute approximate surface area is 133 Å². The van der Waals surface area contributed by atoms with Crippen molar-refractivity contribution in [3.63, 3.8) is 0 Å². The number of anilines is 1. The molecule has 0 atom stereocenters. The van der Waals surface area contributed by atoms with Crippen molar-refractivity contribution in [2.75, 3.05) is 5.73 Å². The van der Waals surface area contributed by atoms with Crippen LogP contribution in [0, 0.1) is 9.39 Å². The summed E-state index contributed by atoms with van der Waals surface area (Å²) < 4.78 is 14.9. The number of hydrogen-bond acceptors (Lipinski definition) is 3. The Morgan fingerprint density at radius 3 is 2.74 bits per heavy atom. The molecule has 2 aromatic rings. The summed E-state index contributed by atoms with van der Waals surface area (Å²) in [6, 6.07) is 4.81. The maximum atomic E-state index is 13.6. The molecule has 0 saturated heterocycles. The average molecular weight is 436 g/mol. The molecule has 0 fully saturated rings. The molecule has 0 aliphatic rings. The van der Waals surface area contributed by atoms with Gasteiger partial charge >= 0.3 is 0 Å². The van der Waals surface area contributed by atoms with E-state index in [2.05, 4.69) is 55.4 Å². The van der Waals surface area contributed by atoms with Gasteiger partial charge < -0.3 is 5.73 Å². The molecule has 1 aromatic carbocycles. The van der Waals surface area contributed by atoms with Crippen molar-refractivity contribution in [3.8, 4) is 11.4 Å². The van der Waals surface area contributed by atoms with E-state index in [-0.39, 0.29) is 5.82 Å². The fourth-order valence-corrected chi connectivity index (χ4v) is 2.44. The second-order valence-electron chi connectivity index (χ2n) is 4.07. The molecule has 19 heavy (non-hydrogen) atoms. The second kappa shape index (κ2) is 6.13. The number of benzene rings is 1. The lowest BCUT2D eigenvalue weighted by Gasteiger charge is -2.08. The van der Waals surface area contributed by atoms with Gasteiger partial charge in [0.25, 0.3) is 0 Å². The second-order valence-corrected chi connectivity index (χ2v) is 6.01. The Balaban J connectivity index is 2.52. The van der Waals surface area contributed by atoms with E-state index in [0.29, 0.717) is 21.7 Å². The van der Waals surface area contributed by atoms with Crippen molar-refractivity contribution < 1.29 is 4.39 Å². The third kappa shape index (κ3) is 3.22. The van der Waals surface area contributed by atoms with Crippen LogP contribution in [0.15, 0.2) is 22.7 Å². The number of hydrogen-bond donors (Lipinski definition) is 1. The number of aryl methyl sites for hydroxylation is 1. The maximum absolute atomic E-state index is 13.6. The first-order chi connectivity index (χ1) is 9.02. The summed E-state index contributed by atoms with van der Waals surface area (Å²) >= 11 is 5.27. The van der Waals surface area contributed by atoms with Crippen LogP contribution in [0.3, 0.4) is 0 Å². The lowest BCUT2D eigenvalue weighted by molar-refractivity contribution is 0.621. The largest absolute Gasteiger partial charge is 0.383 e. The first-order valence-corrected chi connectivity index (χ1v) is 7.67. The fraction of sp³-hybridized carbons (Fsp3) is 0.231. The third-order valence-corrected chi connectivity index (χ3v) is 4.43. The van der Waals surface area contributed by atoms with Gasteiger partial charge in [0.1, 0.15) is 11.6 Å². The Bertz CT molecular complexity index is 619. The summed E-state index contributed by atoms with van der Waals surface area (Å²) in [4.78, 5) is 8.72. The summed E-state index contributed by atoms with van der Waals surface area (Å²) in [5, 5.41) is 0. The van der Waals surface area contributed by atoms with Gasteiger partial charge in [-0.2, -0.15) is 0 Å². The van der Waals surface area contributed by atoms with Crippen molar-refractivity contribution >= 4 is 44.3 Å². The van der Waals surface area contributed by atoms with Crippen LogP contribution in [-0.4, -0.2) is 9.97 Å². The number of nitrogens with zero attached hydrogens (tertiary/aromatic N) is 2. The molecule has 3 nitrogen and oxygen atoms in total. The highest BCUT2D eigenvalue weighted by atomic mass is 127. The summed E-state index contributed by atoms with van der Waals surface area (Å²) in [6.07, 6.45) is 1.80. The van der Waals surface area contributed by atoms with Crippen LogP contribution in [0.5, 0.6) is 0 Å². The van der Waals surface area contributed by atoms with Gasteiger partial charge in [0.05, 0.1) is 13.7 Å². The quantitative estimate of drug-likeness (QED) is 0.735. The number of halogens is 3. The number of aromatic nitrogens is 2. The summed E-state index contributed by atoms with van der Waals surface area (Å²) in [6.45, 7) is 2.08. The minimum Gasteiger partial charge on any atom is -0.383 e. The molecule has 0 amide bonds. The van der Waals surface area contributed by atoms with Crippen LogP contribution < -0.4 is 5.73 Å². The van der Waals surface area contributed by atoms with Gasteiger partial charge in [-0.25, -0.2) is 14.4 Å². The van der Waals surface area contributed by atoms with Gasteiger partial charge in [-0.15, -0.1) is 0 Å². The van der Waals surface area contributed by atoms with Crippen molar-refractivity contribution in [2.45, 2.75) is 19.8 Å². The van der Waals surface area contributed by atoms with Gasteiger partial charge in [0.2, 0.25) is 0 Å². The summed E-state index contributed by atoms with van der Waals surface area (Å²) in [7, 11) is 0. The molecule has 100 valence electrons.